The Bertz CT molecular complexity index is 150. The topological polar surface area (TPSA) is 60.7 Å². The van der Waals surface area contributed by atoms with Gasteiger partial charge < -0.3 is 14.4 Å². The molecule has 0 fully saturated rings. The summed E-state index contributed by atoms with van der Waals surface area (Å²) in [6.45, 7) is 2.02. The summed E-state index contributed by atoms with van der Waals surface area (Å²) in [6.07, 6.45) is 6.28. The number of halogens is 1. The van der Waals surface area contributed by atoms with Gasteiger partial charge in [-0.05, 0) is 12.3 Å². The molecule has 0 rings (SSSR count). The molecule has 15 heavy (non-hydrogen) atoms. The van der Waals surface area contributed by atoms with E-state index >= 15 is 0 Å². The van der Waals surface area contributed by atoms with Crippen molar-refractivity contribution in [1.29, 1.82) is 0 Å². The Morgan fingerprint density at radius 2 is 1.67 bits per heavy atom. The summed E-state index contributed by atoms with van der Waals surface area (Å²) in [5.41, 5.74) is 0. The van der Waals surface area contributed by atoms with Gasteiger partial charge in [-0.3, -0.25) is 0 Å². The lowest BCUT2D eigenvalue weighted by Gasteiger charge is -2.18. The third kappa shape index (κ3) is 10.7. The van der Waals surface area contributed by atoms with E-state index in [2.05, 4.69) is 0 Å². The van der Waals surface area contributed by atoms with Gasteiger partial charge in [0, 0.05) is 11.9 Å². The predicted molar refractivity (Wildman–Crippen MR) is 64.8 cm³/mol. The van der Waals surface area contributed by atoms with E-state index < -0.39 is 8.80 Å². The molecular formula is C10H23ClO3Si. The molecule has 0 aromatic rings. The van der Waals surface area contributed by atoms with E-state index in [1.165, 1.54) is 0 Å². The summed E-state index contributed by atoms with van der Waals surface area (Å²) in [4.78, 5) is 27.0. The largest absolute Gasteiger partial charge is 0.493 e. The van der Waals surface area contributed by atoms with E-state index in [0.717, 1.165) is 44.4 Å². The fraction of sp³-hybridized carbons (Fsp3) is 1.00. The standard InChI is InChI=1S/C10H23ClO3Si/c1-2-10(9-15(12,13)14)7-5-3-4-6-8-11/h10,12-14H,2-9H2,1H3. The van der Waals surface area contributed by atoms with Crippen LogP contribution in [0.15, 0.2) is 0 Å². The quantitative estimate of drug-likeness (QED) is 0.336. The number of hydrogen-bond acceptors (Lipinski definition) is 3. The molecule has 0 spiro atoms. The van der Waals surface area contributed by atoms with E-state index in [1.54, 1.807) is 0 Å². The minimum absolute atomic E-state index is 0.180. The summed E-state index contributed by atoms with van der Waals surface area (Å²) in [6, 6.07) is 0.180. The van der Waals surface area contributed by atoms with E-state index in [-0.39, 0.29) is 12.0 Å². The monoisotopic (exact) mass is 254 g/mol. The third-order valence-corrected chi connectivity index (χ3v) is 4.03. The molecule has 0 bridgehead atoms. The summed E-state index contributed by atoms with van der Waals surface area (Å²) >= 11 is 5.56. The van der Waals surface area contributed by atoms with E-state index in [0.29, 0.717) is 0 Å². The summed E-state index contributed by atoms with van der Waals surface area (Å²) in [7, 11) is -3.84. The van der Waals surface area contributed by atoms with Crippen LogP contribution < -0.4 is 0 Å². The Balaban J connectivity index is 3.53. The third-order valence-electron chi connectivity index (χ3n) is 2.64. The maximum Gasteiger partial charge on any atom is 0.493 e. The van der Waals surface area contributed by atoms with E-state index in [1.807, 2.05) is 6.92 Å². The van der Waals surface area contributed by atoms with Gasteiger partial charge in [0.1, 0.15) is 0 Å². The zero-order chi connectivity index (χ0) is 11.7. The van der Waals surface area contributed by atoms with Crippen molar-refractivity contribution < 1.29 is 14.4 Å². The highest BCUT2D eigenvalue weighted by atomic mass is 35.5. The fourth-order valence-electron chi connectivity index (χ4n) is 1.72. The fourth-order valence-corrected chi connectivity index (χ4v) is 3.18. The summed E-state index contributed by atoms with van der Waals surface area (Å²) < 4.78 is 0. The molecule has 0 aliphatic heterocycles. The van der Waals surface area contributed by atoms with Crippen LogP contribution in [0.5, 0.6) is 0 Å². The van der Waals surface area contributed by atoms with Crippen LogP contribution in [0.1, 0.15) is 45.4 Å². The maximum absolute atomic E-state index is 8.99. The van der Waals surface area contributed by atoms with Crippen molar-refractivity contribution in [2.75, 3.05) is 5.88 Å². The molecule has 1 unspecified atom stereocenters. The Morgan fingerprint density at radius 1 is 1.07 bits per heavy atom. The first kappa shape index (κ1) is 15.4. The zero-order valence-electron chi connectivity index (χ0n) is 9.45. The van der Waals surface area contributed by atoms with Crippen LogP contribution in [0.3, 0.4) is 0 Å². The first-order valence-corrected chi connectivity index (χ1v) is 8.31. The molecule has 0 saturated carbocycles. The van der Waals surface area contributed by atoms with Crippen molar-refractivity contribution in [2.24, 2.45) is 5.92 Å². The van der Waals surface area contributed by atoms with Gasteiger partial charge in [-0.1, -0.05) is 39.0 Å². The molecule has 5 heteroatoms. The Kier molecular flexibility index (Phi) is 8.75. The van der Waals surface area contributed by atoms with Crippen molar-refractivity contribution in [2.45, 2.75) is 51.5 Å². The van der Waals surface area contributed by atoms with Crippen LogP contribution in [0, 0.1) is 5.92 Å². The van der Waals surface area contributed by atoms with Gasteiger partial charge >= 0.3 is 8.80 Å². The van der Waals surface area contributed by atoms with Crippen LogP contribution in [-0.4, -0.2) is 29.1 Å². The summed E-state index contributed by atoms with van der Waals surface area (Å²) in [5, 5.41) is 0. The van der Waals surface area contributed by atoms with Crippen LogP contribution in [0.2, 0.25) is 6.04 Å². The SMILES string of the molecule is CCC(CCCCCCCl)C[Si](O)(O)O. The van der Waals surface area contributed by atoms with E-state index in [4.69, 9.17) is 26.0 Å². The molecule has 0 saturated heterocycles. The van der Waals surface area contributed by atoms with Gasteiger partial charge in [0.25, 0.3) is 0 Å². The van der Waals surface area contributed by atoms with Crippen molar-refractivity contribution in [3.8, 4) is 0 Å². The Labute approximate surface area is 98.5 Å². The van der Waals surface area contributed by atoms with Crippen molar-refractivity contribution in [3.05, 3.63) is 0 Å². The summed E-state index contributed by atoms with van der Waals surface area (Å²) in [5.74, 6) is 0.963. The normalized spacial score (nSPS) is 14.2. The van der Waals surface area contributed by atoms with Crippen LogP contribution >= 0.6 is 11.6 Å². The molecule has 92 valence electrons. The van der Waals surface area contributed by atoms with Gasteiger partial charge in [-0.15, -0.1) is 11.6 Å². The van der Waals surface area contributed by atoms with Crippen LogP contribution in [-0.2, 0) is 0 Å². The molecule has 0 aromatic carbocycles. The number of alkyl halides is 1. The highest BCUT2D eigenvalue weighted by Crippen LogP contribution is 2.21. The molecule has 3 N–H and O–H groups in total. The number of hydrogen-bond donors (Lipinski definition) is 3. The lowest BCUT2D eigenvalue weighted by Crippen LogP contribution is -2.36. The van der Waals surface area contributed by atoms with Crippen LogP contribution in [0.4, 0.5) is 0 Å². The van der Waals surface area contributed by atoms with Gasteiger partial charge in [-0.2, -0.15) is 0 Å². The maximum atomic E-state index is 8.99. The molecule has 0 aliphatic carbocycles. The second kappa shape index (κ2) is 8.53. The average molecular weight is 255 g/mol. The van der Waals surface area contributed by atoms with Crippen molar-refractivity contribution >= 4 is 20.4 Å². The van der Waals surface area contributed by atoms with Crippen molar-refractivity contribution in [3.63, 3.8) is 0 Å². The smallest absolute Gasteiger partial charge is 0.390 e. The predicted octanol–water partition coefficient (Wildman–Crippen LogP) is 2.12. The number of rotatable bonds is 9. The first-order valence-electron chi connectivity index (χ1n) is 5.72. The molecule has 1 atom stereocenters. The minimum atomic E-state index is -3.84. The molecule has 0 amide bonds. The lowest BCUT2D eigenvalue weighted by atomic mass is 10.0. The molecule has 0 aliphatic rings. The molecular weight excluding hydrogens is 232 g/mol. The van der Waals surface area contributed by atoms with Gasteiger partial charge in [0.15, 0.2) is 0 Å². The highest BCUT2D eigenvalue weighted by Gasteiger charge is 2.30. The first-order chi connectivity index (χ1) is 6.99. The Morgan fingerprint density at radius 3 is 2.13 bits per heavy atom. The van der Waals surface area contributed by atoms with E-state index in [9.17, 15) is 0 Å². The Hall–Kier alpha value is 0.387. The van der Waals surface area contributed by atoms with Crippen molar-refractivity contribution in [1.82, 2.24) is 0 Å². The van der Waals surface area contributed by atoms with Crippen LogP contribution in [0.25, 0.3) is 0 Å². The zero-order valence-corrected chi connectivity index (χ0v) is 11.2. The molecule has 0 aromatic heterocycles. The highest BCUT2D eigenvalue weighted by molar-refractivity contribution is 6.56. The molecule has 0 radical (unpaired) electrons. The lowest BCUT2D eigenvalue weighted by molar-refractivity contribution is 0.214. The van der Waals surface area contributed by atoms with Gasteiger partial charge in [-0.25, -0.2) is 0 Å². The second-order valence-electron chi connectivity index (χ2n) is 4.14. The molecule has 3 nitrogen and oxygen atoms in total. The minimum Gasteiger partial charge on any atom is -0.390 e. The number of unbranched alkanes of at least 4 members (excludes halogenated alkanes) is 3. The molecule has 0 heterocycles. The van der Waals surface area contributed by atoms with Gasteiger partial charge in [0.05, 0.1) is 0 Å². The second-order valence-corrected chi connectivity index (χ2v) is 6.48. The average Bonchev–Trinajstić information content (AvgIpc) is 2.14. The van der Waals surface area contributed by atoms with Gasteiger partial charge in [0.2, 0.25) is 0 Å².